The number of rotatable bonds is 6. The number of amides is 1. The van der Waals surface area contributed by atoms with Gasteiger partial charge in [0.05, 0.1) is 12.5 Å². The van der Waals surface area contributed by atoms with Crippen molar-refractivity contribution < 1.29 is 13.9 Å². The van der Waals surface area contributed by atoms with Crippen molar-refractivity contribution in [1.29, 1.82) is 0 Å². The highest BCUT2D eigenvalue weighted by Gasteiger charge is 2.23. The van der Waals surface area contributed by atoms with Gasteiger partial charge in [-0.1, -0.05) is 26.0 Å². The van der Waals surface area contributed by atoms with Gasteiger partial charge in [-0.3, -0.25) is 4.79 Å². The summed E-state index contributed by atoms with van der Waals surface area (Å²) in [6.45, 7) is 4.92. The minimum absolute atomic E-state index is 0.0475. The van der Waals surface area contributed by atoms with E-state index in [1.54, 1.807) is 19.2 Å². The molecule has 0 aliphatic carbocycles. The van der Waals surface area contributed by atoms with E-state index in [-0.39, 0.29) is 23.6 Å². The number of carbonyl (C=O) groups excluding carboxylic acids is 1. The van der Waals surface area contributed by atoms with Gasteiger partial charge < -0.3 is 10.1 Å². The maximum atomic E-state index is 12.9. The fraction of sp³-hybridized carbons (Fsp3) is 0.500. The highest BCUT2D eigenvalue weighted by Crippen LogP contribution is 2.24. The lowest BCUT2D eigenvalue weighted by atomic mass is 9.87. The van der Waals surface area contributed by atoms with Crippen LogP contribution >= 0.6 is 0 Å². The van der Waals surface area contributed by atoms with Gasteiger partial charge in [0.2, 0.25) is 5.91 Å². The summed E-state index contributed by atoms with van der Waals surface area (Å²) < 4.78 is 17.8. The molecule has 1 atom stereocenters. The molecule has 0 aliphatic rings. The Morgan fingerprint density at radius 3 is 2.44 bits per heavy atom. The molecular weight excluding hydrogens is 233 g/mol. The molecule has 4 heteroatoms. The van der Waals surface area contributed by atoms with Crippen LogP contribution in [0.15, 0.2) is 24.3 Å². The van der Waals surface area contributed by atoms with Crippen LogP contribution in [0.25, 0.3) is 0 Å². The van der Waals surface area contributed by atoms with E-state index in [1.165, 1.54) is 12.1 Å². The monoisotopic (exact) mass is 253 g/mol. The summed E-state index contributed by atoms with van der Waals surface area (Å²) in [5.41, 5.74) is 0.835. The minimum Gasteiger partial charge on any atom is -0.383 e. The summed E-state index contributed by atoms with van der Waals surface area (Å²) >= 11 is 0. The smallest absolute Gasteiger partial charge is 0.227 e. The predicted molar refractivity (Wildman–Crippen MR) is 68.9 cm³/mol. The first-order valence-corrected chi connectivity index (χ1v) is 6.08. The Morgan fingerprint density at radius 2 is 1.94 bits per heavy atom. The van der Waals surface area contributed by atoms with E-state index in [2.05, 4.69) is 5.32 Å². The Labute approximate surface area is 107 Å². The summed E-state index contributed by atoms with van der Waals surface area (Å²) in [5, 5.41) is 2.82. The maximum Gasteiger partial charge on any atom is 0.227 e. The second-order valence-corrected chi connectivity index (χ2v) is 4.56. The number of nitrogens with one attached hydrogen (secondary N) is 1. The van der Waals surface area contributed by atoms with Crippen LogP contribution < -0.4 is 5.32 Å². The van der Waals surface area contributed by atoms with Gasteiger partial charge in [0.25, 0.3) is 0 Å². The first kappa shape index (κ1) is 14.6. The van der Waals surface area contributed by atoms with Crippen LogP contribution in [0.2, 0.25) is 0 Å². The quantitative estimate of drug-likeness (QED) is 0.790. The van der Waals surface area contributed by atoms with E-state index in [0.717, 1.165) is 5.56 Å². The van der Waals surface area contributed by atoms with Crippen molar-refractivity contribution in [2.24, 2.45) is 5.92 Å². The molecule has 100 valence electrons. The standard InChI is InChI=1S/C14H20FNO2/c1-10(2)13(14(17)16-8-9-18-3)11-4-6-12(15)7-5-11/h4-7,10,13H,8-9H2,1-3H3,(H,16,17). The van der Waals surface area contributed by atoms with Crippen molar-refractivity contribution in [3.05, 3.63) is 35.6 Å². The second-order valence-electron chi connectivity index (χ2n) is 4.56. The van der Waals surface area contributed by atoms with Gasteiger partial charge in [0.1, 0.15) is 5.82 Å². The topological polar surface area (TPSA) is 38.3 Å². The summed E-state index contributed by atoms with van der Waals surface area (Å²) in [5.74, 6) is -0.449. The van der Waals surface area contributed by atoms with Gasteiger partial charge in [-0.05, 0) is 23.6 Å². The minimum atomic E-state index is -0.291. The van der Waals surface area contributed by atoms with Crippen LogP contribution in [0.4, 0.5) is 4.39 Å². The number of carbonyl (C=O) groups is 1. The number of hydrogen-bond acceptors (Lipinski definition) is 2. The number of hydrogen-bond donors (Lipinski definition) is 1. The molecule has 0 bridgehead atoms. The van der Waals surface area contributed by atoms with E-state index in [1.807, 2.05) is 13.8 Å². The number of halogens is 1. The van der Waals surface area contributed by atoms with Crippen LogP contribution in [-0.2, 0) is 9.53 Å². The van der Waals surface area contributed by atoms with Gasteiger partial charge in [-0.25, -0.2) is 4.39 Å². The molecule has 0 heterocycles. The van der Waals surface area contributed by atoms with Crippen LogP contribution in [0.5, 0.6) is 0 Å². The number of ether oxygens (including phenoxy) is 1. The molecule has 0 spiro atoms. The summed E-state index contributed by atoms with van der Waals surface area (Å²) in [4.78, 5) is 12.1. The molecule has 0 saturated carbocycles. The molecular formula is C14H20FNO2. The lowest BCUT2D eigenvalue weighted by Gasteiger charge is -2.20. The third-order valence-corrected chi connectivity index (χ3v) is 2.78. The van der Waals surface area contributed by atoms with Crippen LogP contribution in [0.3, 0.4) is 0 Å². The van der Waals surface area contributed by atoms with E-state index in [0.29, 0.717) is 13.2 Å². The van der Waals surface area contributed by atoms with Crippen molar-refractivity contribution in [3.63, 3.8) is 0 Å². The van der Waals surface area contributed by atoms with Crippen molar-refractivity contribution in [1.82, 2.24) is 5.32 Å². The van der Waals surface area contributed by atoms with Crippen LogP contribution in [-0.4, -0.2) is 26.2 Å². The van der Waals surface area contributed by atoms with Crippen molar-refractivity contribution >= 4 is 5.91 Å². The first-order chi connectivity index (χ1) is 8.56. The molecule has 18 heavy (non-hydrogen) atoms. The molecule has 0 aromatic heterocycles. The van der Waals surface area contributed by atoms with Gasteiger partial charge in [0, 0.05) is 13.7 Å². The largest absolute Gasteiger partial charge is 0.383 e. The van der Waals surface area contributed by atoms with E-state index in [9.17, 15) is 9.18 Å². The van der Waals surface area contributed by atoms with Gasteiger partial charge in [0.15, 0.2) is 0 Å². The third-order valence-electron chi connectivity index (χ3n) is 2.78. The lowest BCUT2D eigenvalue weighted by Crippen LogP contribution is -2.34. The SMILES string of the molecule is COCCNC(=O)C(c1ccc(F)cc1)C(C)C. The zero-order valence-electron chi connectivity index (χ0n) is 11.1. The zero-order chi connectivity index (χ0) is 13.5. The maximum absolute atomic E-state index is 12.9. The summed E-state index contributed by atoms with van der Waals surface area (Å²) in [6.07, 6.45) is 0. The van der Waals surface area contributed by atoms with Crippen LogP contribution in [0, 0.1) is 11.7 Å². The van der Waals surface area contributed by atoms with E-state index < -0.39 is 0 Å². The predicted octanol–water partition coefficient (Wildman–Crippen LogP) is 2.33. The van der Waals surface area contributed by atoms with Crippen molar-refractivity contribution in [2.45, 2.75) is 19.8 Å². The van der Waals surface area contributed by atoms with Crippen LogP contribution in [0.1, 0.15) is 25.3 Å². The molecule has 0 saturated heterocycles. The normalized spacial score (nSPS) is 12.5. The second kappa shape index (κ2) is 7.11. The Bertz CT molecular complexity index is 376. The average Bonchev–Trinajstić information content (AvgIpc) is 2.32. The fourth-order valence-corrected chi connectivity index (χ4v) is 1.90. The molecule has 3 nitrogen and oxygen atoms in total. The van der Waals surface area contributed by atoms with Gasteiger partial charge in [-0.15, -0.1) is 0 Å². The van der Waals surface area contributed by atoms with E-state index >= 15 is 0 Å². The molecule has 1 aromatic rings. The highest BCUT2D eigenvalue weighted by molar-refractivity contribution is 5.83. The Kier molecular flexibility index (Phi) is 5.78. The van der Waals surface area contributed by atoms with E-state index in [4.69, 9.17) is 4.74 Å². The molecule has 0 fully saturated rings. The zero-order valence-corrected chi connectivity index (χ0v) is 11.1. The Morgan fingerprint density at radius 1 is 1.33 bits per heavy atom. The molecule has 1 rings (SSSR count). The number of benzene rings is 1. The number of methoxy groups -OCH3 is 1. The Balaban J connectivity index is 2.76. The molecule has 1 N–H and O–H groups in total. The van der Waals surface area contributed by atoms with Crippen molar-refractivity contribution in [2.75, 3.05) is 20.3 Å². The van der Waals surface area contributed by atoms with Gasteiger partial charge in [-0.2, -0.15) is 0 Å². The summed E-state index contributed by atoms with van der Waals surface area (Å²) in [6, 6.07) is 6.09. The molecule has 1 unspecified atom stereocenters. The average molecular weight is 253 g/mol. The lowest BCUT2D eigenvalue weighted by molar-refractivity contribution is -0.123. The first-order valence-electron chi connectivity index (χ1n) is 6.08. The molecule has 1 aromatic carbocycles. The molecule has 0 radical (unpaired) electrons. The molecule has 1 amide bonds. The molecule has 0 aliphatic heterocycles. The third kappa shape index (κ3) is 4.11. The highest BCUT2D eigenvalue weighted by atomic mass is 19.1. The Hall–Kier alpha value is -1.42. The fourth-order valence-electron chi connectivity index (χ4n) is 1.90. The van der Waals surface area contributed by atoms with Crippen molar-refractivity contribution in [3.8, 4) is 0 Å². The van der Waals surface area contributed by atoms with Gasteiger partial charge >= 0.3 is 0 Å². The summed E-state index contributed by atoms with van der Waals surface area (Å²) in [7, 11) is 1.59.